The van der Waals surface area contributed by atoms with Crippen LogP contribution in [-0.4, -0.2) is 15.9 Å². The van der Waals surface area contributed by atoms with E-state index in [4.69, 9.17) is 0 Å². The van der Waals surface area contributed by atoms with Crippen LogP contribution in [0.4, 0.5) is 5.13 Å². The molecule has 0 radical (unpaired) electrons. The number of carbonyl (C=O) groups is 1. The van der Waals surface area contributed by atoms with Gasteiger partial charge in [-0.05, 0) is 12.1 Å². The fourth-order valence-electron chi connectivity index (χ4n) is 1.19. The third-order valence-corrected chi connectivity index (χ3v) is 2.79. The lowest BCUT2D eigenvalue weighted by Gasteiger charge is -1.97. The summed E-state index contributed by atoms with van der Waals surface area (Å²) in [5.74, 6) is -0.0212. The molecule has 0 saturated carbocycles. The highest BCUT2D eigenvalue weighted by Gasteiger charge is 2.06. The van der Waals surface area contributed by atoms with E-state index in [1.807, 2.05) is 24.4 Å². The van der Waals surface area contributed by atoms with E-state index in [0.717, 1.165) is 11.3 Å². The van der Waals surface area contributed by atoms with Gasteiger partial charge in [0, 0.05) is 29.8 Å². The molecular weight excluding hydrogens is 222 g/mol. The summed E-state index contributed by atoms with van der Waals surface area (Å²) in [6.07, 6.45) is 3.93. The van der Waals surface area contributed by atoms with Crippen LogP contribution in [0, 0.1) is 0 Å². The highest BCUT2D eigenvalue weighted by Crippen LogP contribution is 2.23. The minimum absolute atomic E-state index is 0.0212. The van der Waals surface area contributed by atoms with E-state index in [2.05, 4.69) is 15.3 Å². The number of nitrogens with one attached hydrogen (secondary N) is 1. The fourth-order valence-corrected chi connectivity index (χ4v) is 1.92. The van der Waals surface area contributed by atoms with Gasteiger partial charge in [-0.3, -0.25) is 9.78 Å². The van der Waals surface area contributed by atoms with Gasteiger partial charge in [-0.25, -0.2) is 4.98 Å². The van der Waals surface area contributed by atoms with Gasteiger partial charge >= 0.3 is 0 Å². The van der Waals surface area contributed by atoms with Crippen LogP contribution in [0.2, 0.25) is 0 Å². The van der Waals surface area contributed by atoms with Crippen LogP contribution in [0.15, 0.2) is 29.9 Å². The Hall–Kier alpha value is -1.75. The van der Waals surface area contributed by atoms with Gasteiger partial charge in [0.2, 0.25) is 5.91 Å². The Morgan fingerprint density at radius 2 is 2.44 bits per heavy atom. The first-order chi connectivity index (χ1) is 7.79. The average Bonchev–Trinajstić information content (AvgIpc) is 2.78. The third-order valence-electron chi connectivity index (χ3n) is 2.03. The highest BCUT2D eigenvalue weighted by atomic mass is 32.1. The van der Waals surface area contributed by atoms with E-state index in [1.165, 1.54) is 11.3 Å². The van der Waals surface area contributed by atoms with Gasteiger partial charge in [-0.1, -0.05) is 6.92 Å². The van der Waals surface area contributed by atoms with Crippen molar-refractivity contribution in [3.05, 3.63) is 29.9 Å². The van der Waals surface area contributed by atoms with Gasteiger partial charge in [-0.15, -0.1) is 11.3 Å². The molecule has 0 atom stereocenters. The number of carbonyl (C=O) groups excluding carboxylic acids is 1. The standard InChI is InChI=1S/C11H11N3OS/c1-2-10(15)14-11-13-9(7-16-11)8-4-3-5-12-6-8/h3-7H,2H2,1H3,(H,13,14,15). The van der Waals surface area contributed by atoms with Crippen LogP contribution in [0.1, 0.15) is 13.3 Å². The summed E-state index contributed by atoms with van der Waals surface area (Å²) in [4.78, 5) is 19.5. The second-order valence-electron chi connectivity index (χ2n) is 3.18. The van der Waals surface area contributed by atoms with E-state index in [-0.39, 0.29) is 5.91 Å². The Balaban J connectivity index is 2.17. The Bertz CT molecular complexity index is 481. The molecule has 0 spiro atoms. The van der Waals surface area contributed by atoms with Crippen molar-refractivity contribution in [1.82, 2.24) is 9.97 Å². The minimum Gasteiger partial charge on any atom is -0.302 e. The largest absolute Gasteiger partial charge is 0.302 e. The van der Waals surface area contributed by atoms with Crippen LogP contribution in [0.25, 0.3) is 11.3 Å². The molecule has 16 heavy (non-hydrogen) atoms. The second kappa shape index (κ2) is 4.85. The molecule has 2 aromatic heterocycles. The van der Waals surface area contributed by atoms with Crippen LogP contribution < -0.4 is 5.32 Å². The highest BCUT2D eigenvalue weighted by molar-refractivity contribution is 7.14. The lowest BCUT2D eigenvalue weighted by atomic mass is 10.2. The SMILES string of the molecule is CCC(=O)Nc1nc(-c2cccnc2)cs1. The van der Waals surface area contributed by atoms with Gasteiger partial charge in [-0.2, -0.15) is 0 Å². The molecule has 0 aromatic carbocycles. The predicted molar refractivity (Wildman–Crippen MR) is 64.3 cm³/mol. The maximum Gasteiger partial charge on any atom is 0.225 e. The van der Waals surface area contributed by atoms with Crippen LogP contribution in [0.5, 0.6) is 0 Å². The Kier molecular flexibility index (Phi) is 3.26. The zero-order valence-corrected chi connectivity index (χ0v) is 9.62. The van der Waals surface area contributed by atoms with Crippen LogP contribution in [-0.2, 0) is 4.79 Å². The van der Waals surface area contributed by atoms with Crippen molar-refractivity contribution >= 4 is 22.4 Å². The number of pyridine rings is 1. The third kappa shape index (κ3) is 2.43. The summed E-state index contributed by atoms with van der Waals surface area (Å²) in [5, 5.41) is 5.27. The van der Waals surface area contributed by atoms with Gasteiger partial charge < -0.3 is 5.32 Å². The second-order valence-corrected chi connectivity index (χ2v) is 4.04. The summed E-state index contributed by atoms with van der Waals surface area (Å²) in [6.45, 7) is 1.81. The zero-order valence-electron chi connectivity index (χ0n) is 8.80. The fraction of sp³-hybridized carbons (Fsp3) is 0.182. The molecule has 1 N–H and O–H groups in total. The van der Waals surface area contributed by atoms with Crippen molar-refractivity contribution in [3.63, 3.8) is 0 Å². The van der Waals surface area contributed by atoms with Crippen molar-refractivity contribution in [2.75, 3.05) is 5.32 Å². The van der Waals surface area contributed by atoms with Crippen molar-refractivity contribution in [2.45, 2.75) is 13.3 Å². The molecule has 82 valence electrons. The number of hydrogen-bond donors (Lipinski definition) is 1. The van der Waals surface area contributed by atoms with Gasteiger partial charge in [0.1, 0.15) is 0 Å². The van der Waals surface area contributed by atoms with Crippen molar-refractivity contribution in [2.24, 2.45) is 0 Å². The maximum atomic E-state index is 11.2. The monoisotopic (exact) mass is 233 g/mol. The van der Waals surface area contributed by atoms with E-state index in [1.54, 1.807) is 12.4 Å². The first kappa shape index (κ1) is 10.8. The molecule has 0 aliphatic carbocycles. The quantitative estimate of drug-likeness (QED) is 0.886. The summed E-state index contributed by atoms with van der Waals surface area (Å²) in [6, 6.07) is 3.80. The number of hydrogen-bond acceptors (Lipinski definition) is 4. The molecule has 2 rings (SSSR count). The molecule has 2 aromatic rings. The van der Waals surface area contributed by atoms with Crippen LogP contribution in [0.3, 0.4) is 0 Å². The van der Waals surface area contributed by atoms with Gasteiger partial charge in [0.25, 0.3) is 0 Å². The topological polar surface area (TPSA) is 54.9 Å². The number of aromatic nitrogens is 2. The van der Waals surface area contributed by atoms with Crippen LogP contribution >= 0.6 is 11.3 Å². The van der Waals surface area contributed by atoms with Gasteiger partial charge in [0.15, 0.2) is 5.13 Å². The lowest BCUT2D eigenvalue weighted by Crippen LogP contribution is -2.08. The predicted octanol–water partition coefficient (Wildman–Crippen LogP) is 2.55. The Morgan fingerprint density at radius 3 is 3.12 bits per heavy atom. The Labute approximate surface area is 97.4 Å². The maximum absolute atomic E-state index is 11.2. The minimum atomic E-state index is -0.0212. The molecule has 4 nitrogen and oxygen atoms in total. The number of rotatable bonds is 3. The molecule has 2 heterocycles. The molecule has 5 heteroatoms. The van der Waals surface area contributed by atoms with Crippen molar-refractivity contribution < 1.29 is 4.79 Å². The smallest absolute Gasteiger partial charge is 0.225 e. The number of nitrogens with zero attached hydrogens (tertiary/aromatic N) is 2. The Morgan fingerprint density at radius 1 is 1.56 bits per heavy atom. The average molecular weight is 233 g/mol. The first-order valence-corrected chi connectivity index (χ1v) is 5.83. The number of thiazole rings is 1. The van der Waals surface area contributed by atoms with E-state index >= 15 is 0 Å². The van der Waals surface area contributed by atoms with Crippen molar-refractivity contribution in [1.29, 1.82) is 0 Å². The summed E-state index contributed by atoms with van der Waals surface area (Å²) in [5.41, 5.74) is 1.79. The molecule has 0 aliphatic heterocycles. The van der Waals surface area contributed by atoms with Crippen molar-refractivity contribution in [3.8, 4) is 11.3 Å². The number of anilines is 1. The van der Waals surface area contributed by atoms with E-state index in [9.17, 15) is 4.79 Å². The van der Waals surface area contributed by atoms with Gasteiger partial charge in [0.05, 0.1) is 5.69 Å². The molecule has 0 bridgehead atoms. The summed E-state index contributed by atoms with van der Waals surface area (Å²) in [7, 11) is 0. The lowest BCUT2D eigenvalue weighted by molar-refractivity contribution is -0.115. The zero-order chi connectivity index (χ0) is 11.4. The molecule has 0 aliphatic rings. The number of amides is 1. The summed E-state index contributed by atoms with van der Waals surface area (Å²) < 4.78 is 0. The molecule has 1 amide bonds. The normalized spacial score (nSPS) is 10.1. The molecular formula is C11H11N3OS. The molecule has 0 unspecified atom stereocenters. The summed E-state index contributed by atoms with van der Waals surface area (Å²) >= 11 is 1.42. The molecule has 0 fully saturated rings. The van der Waals surface area contributed by atoms with E-state index < -0.39 is 0 Å². The molecule has 0 saturated heterocycles. The van der Waals surface area contributed by atoms with E-state index in [0.29, 0.717) is 11.6 Å². The first-order valence-electron chi connectivity index (χ1n) is 4.95.